The molecule has 2 saturated carbocycles. The van der Waals surface area contributed by atoms with E-state index < -0.39 is 12.7 Å². The van der Waals surface area contributed by atoms with Crippen LogP contribution in [0.2, 0.25) is 0 Å². The third-order valence-corrected chi connectivity index (χ3v) is 6.25. The topological polar surface area (TPSA) is 58.4 Å². The predicted molar refractivity (Wildman–Crippen MR) is 85.1 cm³/mol. The predicted octanol–water partition coefficient (Wildman–Crippen LogP) is 2.14. The van der Waals surface area contributed by atoms with Gasteiger partial charge in [-0.1, -0.05) is 0 Å². The molecule has 4 nitrogen and oxygen atoms in total. The van der Waals surface area contributed by atoms with Crippen LogP contribution in [0.15, 0.2) is 0 Å². The molecule has 24 heavy (non-hydrogen) atoms. The zero-order chi connectivity index (χ0) is 17.3. The summed E-state index contributed by atoms with van der Waals surface area (Å²) in [7, 11) is 0. The van der Waals surface area contributed by atoms with Gasteiger partial charge in [0.15, 0.2) is 0 Å². The zero-order valence-corrected chi connectivity index (χ0v) is 14.0. The number of carbonyl (C=O) groups is 1. The molecule has 0 aromatic carbocycles. The molecule has 0 radical (unpaired) electrons. The van der Waals surface area contributed by atoms with Crippen molar-refractivity contribution >= 4 is 5.91 Å². The van der Waals surface area contributed by atoms with E-state index in [0.717, 1.165) is 38.5 Å². The summed E-state index contributed by atoms with van der Waals surface area (Å²) in [4.78, 5) is 13.8. The van der Waals surface area contributed by atoms with Crippen molar-refractivity contribution in [2.75, 3.05) is 26.2 Å². The molecule has 4 atom stereocenters. The number of amides is 1. The second kappa shape index (κ2) is 7.20. The van der Waals surface area contributed by atoms with Crippen molar-refractivity contribution in [3.8, 4) is 0 Å². The van der Waals surface area contributed by atoms with Gasteiger partial charge in [0.2, 0.25) is 5.91 Å². The standard InChI is InChI=1S/C17H28F3N3O/c18-17(19,20)10-23-7-4-11(5-8-23)3-6-22-16(24)14-12-1-2-13(9-12)15(14)21/h11-15H,1-10,21H2,(H,22,24). The Morgan fingerprint density at radius 2 is 1.79 bits per heavy atom. The van der Waals surface area contributed by atoms with Crippen molar-refractivity contribution in [1.82, 2.24) is 10.2 Å². The highest BCUT2D eigenvalue weighted by Gasteiger charge is 2.48. The van der Waals surface area contributed by atoms with Crippen LogP contribution in [0.25, 0.3) is 0 Å². The van der Waals surface area contributed by atoms with Gasteiger partial charge in [-0.25, -0.2) is 0 Å². The molecule has 3 N–H and O–H groups in total. The van der Waals surface area contributed by atoms with Crippen LogP contribution < -0.4 is 11.1 Å². The smallest absolute Gasteiger partial charge is 0.356 e. The molecular weight excluding hydrogens is 319 g/mol. The lowest BCUT2D eigenvalue weighted by atomic mass is 9.84. The summed E-state index contributed by atoms with van der Waals surface area (Å²) in [5.74, 6) is 1.43. The Morgan fingerprint density at radius 1 is 1.12 bits per heavy atom. The van der Waals surface area contributed by atoms with E-state index in [1.807, 2.05) is 0 Å². The van der Waals surface area contributed by atoms with E-state index in [1.54, 1.807) is 0 Å². The Balaban J connectivity index is 1.34. The Hall–Kier alpha value is -0.820. The molecule has 0 aromatic rings. The summed E-state index contributed by atoms with van der Waals surface area (Å²) in [5.41, 5.74) is 6.19. The lowest BCUT2D eigenvalue weighted by Crippen LogP contribution is -2.46. The van der Waals surface area contributed by atoms with Crippen LogP contribution in [-0.2, 0) is 4.79 Å². The molecule has 1 saturated heterocycles. The van der Waals surface area contributed by atoms with Gasteiger partial charge >= 0.3 is 6.18 Å². The van der Waals surface area contributed by atoms with Crippen molar-refractivity contribution in [3.05, 3.63) is 0 Å². The van der Waals surface area contributed by atoms with E-state index in [2.05, 4.69) is 5.32 Å². The van der Waals surface area contributed by atoms with Crippen LogP contribution in [0.3, 0.4) is 0 Å². The SMILES string of the molecule is NC1C2CCC(C2)C1C(=O)NCCC1CCN(CC(F)(F)F)CC1. The van der Waals surface area contributed by atoms with Crippen LogP contribution in [0.1, 0.15) is 38.5 Å². The minimum atomic E-state index is -4.11. The Labute approximate surface area is 141 Å². The van der Waals surface area contributed by atoms with Gasteiger partial charge in [0.1, 0.15) is 0 Å². The third-order valence-electron chi connectivity index (χ3n) is 6.25. The summed E-state index contributed by atoms with van der Waals surface area (Å²) >= 11 is 0. The first-order valence-corrected chi connectivity index (χ1v) is 9.16. The molecule has 1 aliphatic heterocycles. The molecule has 2 aliphatic carbocycles. The van der Waals surface area contributed by atoms with Gasteiger partial charge in [-0.05, 0) is 69.4 Å². The largest absolute Gasteiger partial charge is 0.401 e. The summed E-state index contributed by atoms with van der Waals surface area (Å²) in [6, 6.07) is 0.00866. The van der Waals surface area contributed by atoms with Gasteiger partial charge in [0, 0.05) is 12.6 Å². The molecule has 1 amide bonds. The van der Waals surface area contributed by atoms with E-state index in [4.69, 9.17) is 5.73 Å². The maximum Gasteiger partial charge on any atom is 0.401 e. The van der Waals surface area contributed by atoms with E-state index in [1.165, 1.54) is 4.90 Å². The number of likely N-dealkylation sites (tertiary alicyclic amines) is 1. The molecule has 138 valence electrons. The van der Waals surface area contributed by atoms with Crippen molar-refractivity contribution in [3.63, 3.8) is 0 Å². The quantitative estimate of drug-likeness (QED) is 0.801. The molecule has 2 bridgehead atoms. The Morgan fingerprint density at radius 3 is 2.38 bits per heavy atom. The average Bonchev–Trinajstić information content (AvgIpc) is 3.08. The summed E-state index contributed by atoms with van der Waals surface area (Å²) in [6.45, 7) is 0.798. The van der Waals surface area contributed by atoms with Gasteiger partial charge < -0.3 is 11.1 Å². The number of rotatable bonds is 5. The number of fused-ring (bicyclic) bond motifs is 2. The highest BCUT2D eigenvalue weighted by Crippen LogP contribution is 2.47. The normalized spacial score (nSPS) is 34.7. The third kappa shape index (κ3) is 4.23. The van der Waals surface area contributed by atoms with Crippen LogP contribution in [0, 0.1) is 23.7 Å². The molecule has 0 aromatic heterocycles. The first-order chi connectivity index (χ1) is 11.3. The second-order valence-electron chi connectivity index (χ2n) is 7.85. The molecule has 0 spiro atoms. The number of halogens is 3. The van der Waals surface area contributed by atoms with E-state index in [9.17, 15) is 18.0 Å². The number of alkyl halides is 3. The van der Waals surface area contributed by atoms with Crippen molar-refractivity contribution < 1.29 is 18.0 Å². The molecule has 7 heteroatoms. The lowest BCUT2D eigenvalue weighted by Gasteiger charge is -2.32. The van der Waals surface area contributed by atoms with E-state index in [-0.39, 0.29) is 17.9 Å². The highest BCUT2D eigenvalue weighted by molar-refractivity contribution is 5.80. The maximum atomic E-state index is 12.4. The number of nitrogens with two attached hydrogens (primary N) is 1. The fraction of sp³-hybridized carbons (Fsp3) is 0.941. The number of carbonyl (C=O) groups excluding carboxylic acids is 1. The van der Waals surface area contributed by atoms with Gasteiger partial charge in [-0.2, -0.15) is 13.2 Å². The fourth-order valence-electron chi connectivity index (χ4n) is 4.93. The summed E-state index contributed by atoms with van der Waals surface area (Å²) < 4.78 is 37.1. The fourth-order valence-corrected chi connectivity index (χ4v) is 4.93. The molecule has 1 heterocycles. The van der Waals surface area contributed by atoms with Gasteiger partial charge in [0.25, 0.3) is 0 Å². The number of piperidine rings is 1. The second-order valence-corrected chi connectivity index (χ2v) is 7.85. The van der Waals surface area contributed by atoms with Gasteiger partial charge in [-0.3, -0.25) is 9.69 Å². The molecular formula is C17H28F3N3O. The van der Waals surface area contributed by atoms with Gasteiger partial charge in [0.05, 0.1) is 12.5 Å². The molecule has 3 aliphatic rings. The van der Waals surface area contributed by atoms with Crippen molar-refractivity contribution in [1.29, 1.82) is 0 Å². The first kappa shape index (κ1) is 18.0. The number of hydrogen-bond donors (Lipinski definition) is 2. The molecule has 3 fully saturated rings. The average molecular weight is 347 g/mol. The minimum absolute atomic E-state index is 0.00866. The van der Waals surface area contributed by atoms with E-state index >= 15 is 0 Å². The number of hydrogen-bond acceptors (Lipinski definition) is 3. The summed E-state index contributed by atoms with van der Waals surface area (Å²) in [5, 5.41) is 3.02. The molecule has 4 unspecified atom stereocenters. The van der Waals surface area contributed by atoms with Crippen LogP contribution in [0.4, 0.5) is 13.2 Å². The number of nitrogens with one attached hydrogen (secondary N) is 1. The van der Waals surface area contributed by atoms with Crippen LogP contribution in [-0.4, -0.2) is 49.2 Å². The van der Waals surface area contributed by atoms with Gasteiger partial charge in [-0.15, -0.1) is 0 Å². The van der Waals surface area contributed by atoms with Crippen molar-refractivity contribution in [2.24, 2.45) is 29.4 Å². The zero-order valence-electron chi connectivity index (χ0n) is 14.0. The van der Waals surface area contributed by atoms with Crippen LogP contribution >= 0.6 is 0 Å². The summed E-state index contributed by atoms with van der Waals surface area (Å²) in [6.07, 6.45) is 1.66. The Bertz CT molecular complexity index is 447. The maximum absolute atomic E-state index is 12.4. The monoisotopic (exact) mass is 347 g/mol. The van der Waals surface area contributed by atoms with Crippen molar-refractivity contribution in [2.45, 2.75) is 50.7 Å². The highest BCUT2D eigenvalue weighted by atomic mass is 19.4. The van der Waals surface area contributed by atoms with E-state index in [0.29, 0.717) is 37.4 Å². The lowest BCUT2D eigenvalue weighted by molar-refractivity contribution is -0.148. The number of nitrogens with zero attached hydrogens (tertiary/aromatic N) is 1. The Kier molecular flexibility index (Phi) is 5.39. The molecule has 3 rings (SSSR count). The minimum Gasteiger partial charge on any atom is -0.356 e. The first-order valence-electron chi connectivity index (χ1n) is 9.16. The van der Waals surface area contributed by atoms with Crippen LogP contribution in [0.5, 0.6) is 0 Å².